The molecule has 4 nitrogen and oxygen atoms in total. The normalized spacial score (nSPS) is 41.7. The Kier molecular flexibility index (Phi) is 2.62. The fraction of sp³-hybridized carbons (Fsp3) is 0.833. The third kappa shape index (κ3) is 1.46. The molecule has 1 radical (unpaired) electrons. The van der Waals surface area contributed by atoms with E-state index in [9.17, 15) is 0 Å². The molecule has 1 fully saturated rings. The molecule has 10 heavy (non-hydrogen) atoms. The van der Waals surface area contributed by atoms with Crippen LogP contribution >= 0.6 is 0 Å². The predicted molar refractivity (Wildman–Crippen MR) is 32.9 cm³/mol. The topological polar surface area (TPSA) is 69.9 Å². The summed E-state index contributed by atoms with van der Waals surface area (Å²) in [6, 6.07) is 0. The smallest absolute Gasteiger partial charge is 0.109 e. The van der Waals surface area contributed by atoms with E-state index in [1.54, 1.807) is 0 Å². The van der Waals surface area contributed by atoms with Crippen LogP contribution in [0.2, 0.25) is 0 Å². The second-order valence-corrected chi connectivity index (χ2v) is 2.32. The van der Waals surface area contributed by atoms with Crippen molar-refractivity contribution in [2.75, 3.05) is 6.61 Å². The maximum atomic E-state index is 9.08. The van der Waals surface area contributed by atoms with E-state index in [-0.39, 0.29) is 6.61 Å². The Morgan fingerprint density at radius 2 is 2.20 bits per heavy atom. The van der Waals surface area contributed by atoms with Crippen LogP contribution in [-0.2, 0) is 4.74 Å². The van der Waals surface area contributed by atoms with Gasteiger partial charge in [-0.2, -0.15) is 0 Å². The van der Waals surface area contributed by atoms with Gasteiger partial charge in [-0.3, -0.25) is 0 Å². The molecule has 4 heteroatoms. The fourth-order valence-corrected chi connectivity index (χ4v) is 0.896. The van der Waals surface area contributed by atoms with E-state index in [1.165, 1.54) is 6.61 Å². The second-order valence-electron chi connectivity index (χ2n) is 2.32. The molecule has 0 aromatic heterocycles. The lowest BCUT2D eigenvalue weighted by atomic mass is 10.0. The summed E-state index contributed by atoms with van der Waals surface area (Å²) in [6.45, 7) is 1.13. The van der Waals surface area contributed by atoms with Gasteiger partial charge in [-0.05, 0) is 0 Å². The average molecular weight is 147 g/mol. The molecule has 1 heterocycles. The summed E-state index contributed by atoms with van der Waals surface area (Å²) >= 11 is 0. The molecule has 0 amide bonds. The van der Waals surface area contributed by atoms with Gasteiger partial charge in [0.1, 0.15) is 12.2 Å². The molecule has 1 rings (SSSR count). The molecular formula is C6H11O4. The van der Waals surface area contributed by atoms with Crippen LogP contribution in [-0.4, -0.2) is 40.2 Å². The molecule has 3 N–H and O–H groups in total. The first-order valence-corrected chi connectivity index (χ1v) is 3.20. The summed E-state index contributed by atoms with van der Waals surface area (Å²) in [4.78, 5) is 0. The molecule has 59 valence electrons. The quantitative estimate of drug-likeness (QED) is 0.429. The summed E-state index contributed by atoms with van der Waals surface area (Å²) in [5.41, 5.74) is 0. The van der Waals surface area contributed by atoms with Crippen LogP contribution in [0.5, 0.6) is 0 Å². The van der Waals surface area contributed by atoms with Gasteiger partial charge in [0.25, 0.3) is 0 Å². The van der Waals surface area contributed by atoms with E-state index in [2.05, 4.69) is 0 Å². The molecule has 0 saturated carbocycles. The zero-order chi connectivity index (χ0) is 7.56. The Labute approximate surface area is 59.1 Å². The van der Waals surface area contributed by atoms with Crippen molar-refractivity contribution in [1.82, 2.24) is 0 Å². The predicted octanol–water partition coefficient (Wildman–Crippen LogP) is -1.35. The van der Waals surface area contributed by atoms with Gasteiger partial charge >= 0.3 is 0 Å². The molecule has 0 aliphatic carbocycles. The molecule has 1 saturated heterocycles. The largest absolute Gasteiger partial charge is 0.394 e. The van der Waals surface area contributed by atoms with Gasteiger partial charge in [0, 0.05) is 6.42 Å². The maximum absolute atomic E-state index is 9.08. The van der Waals surface area contributed by atoms with Crippen molar-refractivity contribution in [3.05, 3.63) is 6.61 Å². The first kappa shape index (κ1) is 7.94. The molecule has 0 spiro atoms. The Morgan fingerprint density at radius 1 is 1.50 bits per heavy atom. The van der Waals surface area contributed by atoms with E-state index >= 15 is 0 Å². The molecule has 0 aromatic rings. The standard InChI is InChI=1S/C6H11O4/c7-3-5-6(9)4(8)1-2-10-5/h2,4-9H,1,3H2/t4-,5+,6+/m0/s1. The minimum absolute atomic E-state index is 0.269. The van der Waals surface area contributed by atoms with Crippen LogP contribution < -0.4 is 0 Å². The number of ether oxygens (including phenoxy) is 1. The van der Waals surface area contributed by atoms with E-state index in [0.717, 1.165) is 0 Å². The van der Waals surface area contributed by atoms with Gasteiger partial charge in [-0.15, -0.1) is 0 Å². The minimum atomic E-state index is -0.963. The highest BCUT2D eigenvalue weighted by molar-refractivity contribution is 4.84. The van der Waals surface area contributed by atoms with Crippen LogP contribution in [0.25, 0.3) is 0 Å². The Balaban J connectivity index is 2.42. The Hall–Kier alpha value is -0.160. The maximum Gasteiger partial charge on any atom is 0.109 e. The highest BCUT2D eigenvalue weighted by Crippen LogP contribution is 2.16. The van der Waals surface area contributed by atoms with Crippen molar-refractivity contribution in [2.45, 2.75) is 24.7 Å². The lowest BCUT2D eigenvalue weighted by Gasteiger charge is -2.30. The van der Waals surface area contributed by atoms with Crippen molar-refractivity contribution >= 4 is 0 Å². The lowest BCUT2D eigenvalue weighted by Crippen LogP contribution is -2.44. The number of rotatable bonds is 1. The number of aliphatic hydroxyl groups is 3. The highest BCUT2D eigenvalue weighted by Gasteiger charge is 2.30. The van der Waals surface area contributed by atoms with Crippen molar-refractivity contribution in [1.29, 1.82) is 0 Å². The molecule has 1 aliphatic rings. The number of hydrogen-bond donors (Lipinski definition) is 3. The molecule has 0 unspecified atom stereocenters. The molecule has 3 atom stereocenters. The summed E-state index contributed by atoms with van der Waals surface area (Å²) in [5.74, 6) is 0. The summed E-state index contributed by atoms with van der Waals surface area (Å²) in [7, 11) is 0. The van der Waals surface area contributed by atoms with Crippen LogP contribution in [0, 0.1) is 6.61 Å². The Morgan fingerprint density at radius 3 is 2.70 bits per heavy atom. The Bertz CT molecular complexity index is 106. The molecule has 0 aromatic carbocycles. The summed E-state index contributed by atoms with van der Waals surface area (Å²) < 4.78 is 4.82. The van der Waals surface area contributed by atoms with E-state index in [1.807, 2.05) is 0 Å². The van der Waals surface area contributed by atoms with Gasteiger partial charge in [0.15, 0.2) is 0 Å². The van der Waals surface area contributed by atoms with Crippen molar-refractivity contribution in [3.8, 4) is 0 Å². The molecule has 0 bridgehead atoms. The molecule has 1 aliphatic heterocycles. The third-order valence-corrected chi connectivity index (χ3v) is 1.56. The van der Waals surface area contributed by atoms with Crippen LogP contribution in [0.4, 0.5) is 0 Å². The second kappa shape index (κ2) is 3.30. The van der Waals surface area contributed by atoms with Gasteiger partial charge < -0.3 is 20.1 Å². The first-order valence-electron chi connectivity index (χ1n) is 3.20. The van der Waals surface area contributed by atoms with E-state index < -0.39 is 18.3 Å². The highest BCUT2D eigenvalue weighted by atomic mass is 16.5. The SMILES string of the molecule is OC[C@H]1O[CH]C[C@H](O)[C@H]1O. The zero-order valence-corrected chi connectivity index (χ0v) is 5.47. The van der Waals surface area contributed by atoms with Crippen molar-refractivity contribution in [2.24, 2.45) is 0 Å². The van der Waals surface area contributed by atoms with Gasteiger partial charge in [0.05, 0.1) is 19.3 Å². The van der Waals surface area contributed by atoms with Crippen LogP contribution in [0.3, 0.4) is 0 Å². The fourth-order valence-electron chi connectivity index (χ4n) is 0.896. The average Bonchev–Trinajstić information content (AvgIpc) is 1.95. The van der Waals surface area contributed by atoms with E-state index in [4.69, 9.17) is 20.1 Å². The zero-order valence-electron chi connectivity index (χ0n) is 5.47. The number of aliphatic hydroxyl groups excluding tert-OH is 3. The summed E-state index contributed by atoms with van der Waals surface area (Å²) in [5, 5.41) is 26.7. The van der Waals surface area contributed by atoms with Gasteiger partial charge in [0.2, 0.25) is 0 Å². The molecular weight excluding hydrogens is 136 g/mol. The van der Waals surface area contributed by atoms with Crippen molar-refractivity contribution < 1.29 is 20.1 Å². The van der Waals surface area contributed by atoms with Crippen molar-refractivity contribution in [3.63, 3.8) is 0 Å². The van der Waals surface area contributed by atoms with E-state index in [0.29, 0.717) is 6.42 Å². The van der Waals surface area contributed by atoms with Crippen LogP contribution in [0.1, 0.15) is 6.42 Å². The minimum Gasteiger partial charge on any atom is -0.394 e. The van der Waals surface area contributed by atoms with Crippen LogP contribution in [0.15, 0.2) is 0 Å². The number of hydrogen-bond acceptors (Lipinski definition) is 4. The van der Waals surface area contributed by atoms with Gasteiger partial charge in [-0.1, -0.05) is 0 Å². The third-order valence-electron chi connectivity index (χ3n) is 1.56. The summed E-state index contributed by atoms with van der Waals surface area (Å²) in [6.07, 6.45) is -2.11. The monoisotopic (exact) mass is 147 g/mol. The first-order chi connectivity index (χ1) is 4.75. The lowest BCUT2D eigenvalue weighted by molar-refractivity contribution is -0.124. The van der Waals surface area contributed by atoms with Gasteiger partial charge in [-0.25, -0.2) is 0 Å².